The number of fused-ring (bicyclic) bond motifs is 8. The van der Waals surface area contributed by atoms with Gasteiger partial charge in [0.15, 0.2) is 69.8 Å². The van der Waals surface area contributed by atoms with Crippen LogP contribution in [0, 0.1) is 90.8 Å². The van der Waals surface area contributed by atoms with E-state index >= 15 is 26.3 Å². The molecule has 0 atom stereocenters. The van der Waals surface area contributed by atoms with Crippen molar-refractivity contribution in [3.8, 4) is 44.5 Å². The predicted molar refractivity (Wildman–Crippen MR) is 213 cm³/mol. The maximum Gasteiger partial charge on any atom is 0.200 e. The lowest BCUT2D eigenvalue weighted by Crippen LogP contribution is -2.06. The van der Waals surface area contributed by atoms with E-state index in [4.69, 9.17) is 0 Å². The Labute approximate surface area is 360 Å². The molecule has 3 aromatic heterocycles. The van der Waals surface area contributed by atoms with Gasteiger partial charge in [0, 0.05) is 47.9 Å². The number of halogens is 16. The fourth-order valence-corrected chi connectivity index (χ4v) is 7.70. The van der Waals surface area contributed by atoms with Crippen molar-refractivity contribution in [2.24, 2.45) is 0 Å². The van der Waals surface area contributed by atoms with Crippen LogP contribution in [0.15, 0.2) is 48.5 Å². The summed E-state index contributed by atoms with van der Waals surface area (Å²) in [6, 6.07) is 10.5. The summed E-state index contributed by atoms with van der Waals surface area (Å²) in [5, 5.41) is 0. The summed E-state index contributed by atoms with van der Waals surface area (Å²) in [5.74, 6) is -36.6. The molecule has 8 bridgehead atoms. The van der Waals surface area contributed by atoms with Gasteiger partial charge in [-0.1, -0.05) is 12.1 Å². The lowest BCUT2D eigenvalue weighted by Gasteiger charge is -2.11. The lowest BCUT2D eigenvalue weighted by atomic mass is 10.0. The Hall–Kier alpha value is -6.84. The third-order valence-corrected chi connectivity index (χ3v) is 11.0. The standard InChI is InChI=1S/C44H14F15IN4/c45-30-27(31(46)37(52)42(57)36(30)51)24-17-6-5-15(61-17)11-22-16(13-1-3-14(60)4-2-13)12-23(64-22)26(29-34(49)40(55)44(59)41(56)35(29)50)21-10-9-20(63-21)25(19-8-7-18(24)62-19)28-32(47)38(53)43(58)39(54)33(28)48/h1-12,62,64H. The first-order valence-electron chi connectivity index (χ1n) is 17.9. The Morgan fingerprint density at radius 2 is 0.672 bits per heavy atom. The number of hydrogen-bond acceptors (Lipinski definition) is 2. The second kappa shape index (κ2) is 15.5. The third-order valence-electron chi connectivity index (χ3n) is 10.2. The molecule has 2 aliphatic rings. The van der Waals surface area contributed by atoms with E-state index in [1.165, 1.54) is 18.2 Å². The molecule has 0 aliphatic carbocycles. The van der Waals surface area contributed by atoms with Crippen LogP contribution in [0.5, 0.6) is 0 Å². The fourth-order valence-electron chi connectivity index (χ4n) is 7.34. The average molecular weight is 1010 g/mol. The minimum absolute atomic E-state index is 0.0327. The van der Waals surface area contributed by atoms with Crippen molar-refractivity contribution in [2.75, 3.05) is 0 Å². The number of rotatable bonds is 4. The molecule has 0 saturated heterocycles. The molecule has 322 valence electrons. The summed E-state index contributed by atoms with van der Waals surface area (Å²) in [4.78, 5) is 13.7. The molecule has 2 N–H and O–H groups in total. The van der Waals surface area contributed by atoms with Crippen molar-refractivity contribution < 1.29 is 65.9 Å². The van der Waals surface area contributed by atoms with Gasteiger partial charge in [-0.3, -0.25) is 0 Å². The van der Waals surface area contributed by atoms with Gasteiger partial charge in [-0.15, -0.1) is 0 Å². The zero-order valence-electron chi connectivity index (χ0n) is 30.9. The molecular formula is C44H14F15IN4. The topological polar surface area (TPSA) is 57.4 Å². The van der Waals surface area contributed by atoms with E-state index in [1.807, 2.05) is 22.6 Å². The van der Waals surface area contributed by atoms with E-state index in [1.54, 1.807) is 24.3 Å². The molecule has 4 aromatic carbocycles. The van der Waals surface area contributed by atoms with E-state index in [-0.39, 0.29) is 16.8 Å². The molecule has 0 spiro atoms. The van der Waals surface area contributed by atoms with Gasteiger partial charge >= 0.3 is 0 Å². The van der Waals surface area contributed by atoms with Gasteiger partial charge in [0.2, 0.25) is 17.5 Å². The first kappa shape index (κ1) is 42.5. The molecule has 0 fully saturated rings. The second-order valence-electron chi connectivity index (χ2n) is 13.9. The molecule has 0 amide bonds. The van der Waals surface area contributed by atoms with E-state index < -0.39 is 154 Å². The Morgan fingerprint density at radius 1 is 0.328 bits per heavy atom. The van der Waals surface area contributed by atoms with Crippen LogP contribution in [0.3, 0.4) is 0 Å². The van der Waals surface area contributed by atoms with Gasteiger partial charge < -0.3 is 9.97 Å². The lowest BCUT2D eigenvalue weighted by molar-refractivity contribution is 0.381. The highest BCUT2D eigenvalue weighted by molar-refractivity contribution is 14.1. The van der Waals surface area contributed by atoms with Gasteiger partial charge in [-0.25, -0.2) is 75.8 Å². The highest BCUT2D eigenvalue weighted by Gasteiger charge is 2.33. The number of nitrogens with one attached hydrogen (secondary N) is 2. The fraction of sp³-hybridized carbons (Fsp3) is 0. The Balaban J connectivity index is 1.56. The largest absolute Gasteiger partial charge is 0.354 e. The predicted octanol–water partition coefficient (Wildman–Crippen LogP) is 14.0. The summed E-state index contributed by atoms with van der Waals surface area (Å²) in [5.41, 5.74) is -11.2. The quantitative estimate of drug-likeness (QED) is 0.0799. The minimum Gasteiger partial charge on any atom is -0.354 e. The number of hydrogen-bond donors (Lipinski definition) is 2. The Morgan fingerprint density at radius 3 is 1.09 bits per heavy atom. The van der Waals surface area contributed by atoms with Gasteiger partial charge in [0.25, 0.3) is 0 Å². The van der Waals surface area contributed by atoms with Gasteiger partial charge in [-0.05, 0) is 88.9 Å². The van der Waals surface area contributed by atoms with Crippen LogP contribution in [-0.2, 0) is 0 Å². The summed E-state index contributed by atoms with van der Waals surface area (Å²) in [7, 11) is 0. The summed E-state index contributed by atoms with van der Waals surface area (Å²) in [6.07, 6.45) is 3.90. The molecule has 5 heterocycles. The second-order valence-corrected chi connectivity index (χ2v) is 15.1. The number of H-pyrrole nitrogens is 2. The van der Waals surface area contributed by atoms with Crippen LogP contribution < -0.4 is 0 Å². The summed E-state index contributed by atoms with van der Waals surface area (Å²) < 4.78 is 228. The molecule has 4 nitrogen and oxygen atoms in total. The molecule has 0 unspecified atom stereocenters. The zero-order valence-corrected chi connectivity index (χ0v) is 33.0. The third kappa shape index (κ3) is 6.47. The van der Waals surface area contributed by atoms with Crippen molar-refractivity contribution in [1.29, 1.82) is 0 Å². The SMILES string of the molecule is Fc1c(F)c(F)c(-c2c3nc(c(-c4c(F)c(F)c(F)c(F)c4F)c4ccc([nH]4)c(-c4c(F)c(F)c(F)c(F)c4F)c4nc(cc5[nH]c2cc5-c2ccc(I)cc2)C=C4)C=C3)c(F)c1F. The first-order chi connectivity index (χ1) is 30.4. The van der Waals surface area contributed by atoms with E-state index in [9.17, 15) is 39.5 Å². The van der Waals surface area contributed by atoms with Crippen LogP contribution in [0.25, 0.3) is 90.9 Å². The maximum atomic E-state index is 15.9. The maximum absolute atomic E-state index is 15.9. The van der Waals surface area contributed by atoms with Crippen molar-refractivity contribution in [1.82, 2.24) is 19.9 Å². The van der Waals surface area contributed by atoms with Crippen LogP contribution in [0.2, 0.25) is 0 Å². The Kier molecular flexibility index (Phi) is 10.3. The van der Waals surface area contributed by atoms with Crippen molar-refractivity contribution >= 4 is 69.0 Å². The van der Waals surface area contributed by atoms with Gasteiger partial charge in [-0.2, -0.15) is 0 Å². The molecule has 20 heteroatoms. The molecule has 7 aromatic rings. The average Bonchev–Trinajstić information content (AvgIpc) is 4.13. The summed E-state index contributed by atoms with van der Waals surface area (Å²) >= 11 is 1.98. The van der Waals surface area contributed by atoms with E-state index in [0.717, 1.165) is 33.9 Å². The first-order valence-corrected chi connectivity index (χ1v) is 19.0. The molecule has 9 rings (SSSR count). The number of aromatic nitrogens is 4. The van der Waals surface area contributed by atoms with Crippen molar-refractivity contribution in [2.45, 2.75) is 0 Å². The molecule has 64 heavy (non-hydrogen) atoms. The van der Waals surface area contributed by atoms with Gasteiger partial charge in [0.05, 0.1) is 39.5 Å². The summed E-state index contributed by atoms with van der Waals surface area (Å²) in [6.45, 7) is 0. The highest BCUT2D eigenvalue weighted by Crippen LogP contribution is 2.43. The molecular weight excluding hydrogens is 996 g/mol. The zero-order chi connectivity index (χ0) is 45.8. The highest BCUT2D eigenvalue weighted by atomic mass is 127. The number of nitrogens with zero attached hydrogens (tertiary/aromatic N) is 2. The van der Waals surface area contributed by atoms with Crippen molar-refractivity contribution in [3.05, 3.63) is 162 Å². The van der Waals surface area contributed by atoms with E-state index in [2.05, 4.69) is 19.9 Å². The normalized spacial score (nSPS) is 12.2. The molecule has 0 saturated carbocycles. The Bertz CT molecular complexity index is 3380. The van der Waals surface area contributed by atoms with Crippen LogP contribution in [0.1, 0.15) is 22.8 Å². The van der Waals surface area contributed by atoms with E-state index in [0.29, 0.717) is 5.56 Å². The van der Waals surface area contributed by atoms with Crippen molar-refractivity contribution in [3.63, 3.8) is 0 Å². The number of aromatic amines is 2. The van der Waals surface area contributed by atoms with Gasteiger partial charge in [0.1, 0.15) is 0 Å². The van der Waals surface area contributed by atoms with Crippen LogP contribution in [-0.4, -0.2) is 19.9 Å². The van der Waals surface area contributed by atoms with Crippen LogP contribution >= 0.6 is 22.6 Å². The molecule has 2 aliphatic heterocycles. The molecule has 0 radical (unpaired) electrons. The minimum atomic E-state index is -2.61. The van der Waals surface area contributed by atoms with Crippen LogP contribution in [0.4, 0.5) is 65.9 Å². The number of benzene rings is 4. The smallest absolute Gasteiger partial charge is 0.200 e. The monoisotopic (exact) mass is 1010 g/mol.